The van der Waals surface area contributed by atoms with Crippen LogP contribution in [-0.4, -0.2) is 36.7 Å². The quantitative estimate of drug-likeness (QED) is 0.343. The molecule has 0 saturated carbocycles. The van der Waals surface area contributed by atoms with Crippen molar-refractivity contribution in [1.82, 2.24) is 30.1 Å². The van der Waals surface area contributed by atoms with Crippen molar-refractivity contribution in [3.63, 3.8) is 0 Å². The number of hydrogen-bond donors (Lipinski definition) is 3. The van der Waals surface area contributed by atoms with Crippen molar-refractivity contribution in [3.05, 3.63) is 59.7 Å². The Labute approximate surface area is 199 Å². The van der Waals surface area contributed by atoms with E-state index < -0.39 is 34.7 Å². The fourth-order valence-corrected chi connectivity index (χ4v) is 3.09. The van der Waals surface area contributed by atoms with E-state index in [-0.39, 0.29) is 40.6 Å². The van der Waals surface area contributed by atoms with Crippen LogP contribution in [0.2, 0.25) is 0 Å². The maximum absolute atomic E-state index is 13.8. The Morgan fingerprint density at radius 3 is 2.28 bits per heavy atom. The SMILES string of the molecule is CC(N)(CN)c1cc(C(F)(F)F)c(-c2cnc3c(Nc4ccc(C(F)(F)F)cn4)ccnc3n2)nn1. The average Bonchev–Trinajstić information content (AvgIpc) is 2.83. The number of nitrogens with two attached hydrogens (primary N) is 2. The lowest BCUT2D eigenvalue weighted by molar-refractivity contribution is -0.138. The van der Waals surface area contributed by atoms with Crippen molar-refractivity contribution in [2.24, 2.45) is 11.5 Å². The first-order chi connectivity index (χ1) is 16.8. The molecule has 0 saturated heterocycles. The third-order valence-electron chi connectivity index (χ3n) is 5.15. The fraction of sp³-hybridized carbons (Fsp3) is 0.238. The Hall–Kier alpha value is -3.98. The molecule has 15 heteroatoms. The highest BCUT2D eigenvalue weighted by molar-refractivity contribution is 5.87. The Kier molecular flexibility index (Phi) is 6.22. The van der Waals surface area contributed by atoms with Crippen LogP contribution < -0.4 is 16.8 Å². The summed E-state index contributed by atoms with van der Waals surface area (Å²) >= 11 is 0. The molecule has 4 aromatic rings. The molecule has 188 valence electrons. The minimum atomic E-state index is -4.81. The van der Waals surface area contributed by atoms with Gasteiger partial charge >= 0.3 is 12.4 Å². The molecule has 0 fully saturated rings. The number of nitrogens with one attached hydrogen (secondary N) is 1. The summed E-state index contributed by atoms with van der Waals surface area (Å²) < 4.78 is 79.8. The molecule has 0 aliphatic heterocycles. The van der Waals surface area contributed by atoms with Gasteiger partial charge in [0.25, 0.3) is 0 Å². The van der Waals surface area contributed by atoms with Crippen LogP contribution in [0.3, 0.4) is 0 Å². The van der Waals surface area contributed by atoms with Crippen molar-refractivity contribution in [3.8, 4) is 11.4 Å². The van der Waals surface area contributed by atoms with Crippen LogP contribution in [0.25, 0.3) is 22.6 Å². The Morgan fingerprint density at radius 2 is 1.67 bits per heavy atom. The molecule has 0 amide bonds. The number of anilines is 2. The highest BCUT2D eigenvalue weighted by Crippen LogP contribution is 2.37. The van der Waals surface area contributed by atoms with E-state index in [9.17, 15) is 26.3 Å². The number of pyridine rings is 2. The van der Waals surface area contributed by atoms with Gasteiger partial charge in [-0.05, 0) is 31.2 Å². The first kappa shape index (κ1) is 25.1. The molecule has 9 nitrogen and oxygen atoms in total. The van der Waals surface area contributed by atoms with E-state index in [0.29, 0.717) is 6.20 Å². The van der Waals surface area contributed by atoms with Crippen LogP contribution in [0, 0.1) is 0 Å². The summed E-state index contributed by atoms with van der Waals surface area (Å²) in [5, 5.41) is 10.3. The van der Waals surface area contributed by atoms with Crippen molar-refractivity contribution in [2.45, 2.75) is 24.8 Å². The van der Waals surface area contributed by atoms with Gasteiger partial charge in [-0.1, -0.05) is 0 Å². The molecular weight excluding hydrogens is 492 g/mol. The molecule has 4 aromatic heterocycles. The second-order valence-corrected chi connectivity index (χ2v) is 7.95. The molecule has 36 heavy (non-hydrogen) atoms. The lowest BCUT2D eigenvalue weighted by Gasteiger charge is -2.22. The van der Waals surface area contributed by atoms with Crippen LogP contribution in [0.5, 0.6) is 0 Å². The van der Waals surface area contributed by atoms with E-state index in [2.05, 4.69) is 35.5 Å². The van der Waals surface area contributed by atoms with Crippen molar-refractivity contribution in [2.75, 3.05) is 11.9 Å². The van der Waals surface area contributed by atoms with Gasteiger partial charge in [0.2, 0.25) is 0 Å². The highest BCUT2D eigenvalue weighted by Gasteiger charge is 2.38. The molecule has 1 atom stereocenters. The molecule has 4 rings (SSSR count). The van der Waals surface area contributed by atoms with Crippen molar-refractivity contribution in [1.29, 1.82) is 0 Å². The minimum absolute atomic E-state index is 0.0472. The van der Waals surface area contributed by atoms with E-state index in [0.717, 1.165) is 24.4 Å². The summed E-state index contributed by atoms with van der Waals surface area (Å²) in [4.78, 5) is 16.0. The summed E-state index contributed by atoms with van der Waals surface area (Å²) in [6.07, 6.45) is -6.34. The Balaban J connectivity index is 1.73. The number of hydrogen-bond acceptors (Lipinski definition) is 9. The van der Waals surface area contributed by atoms with Crippen LogP contribution in [-0.2, 0) is 17.9 Å². The number of alkyl halides is 6. The molecular formula is C21H17F6N9. The van der Waals surface area contributed by atoms with Gasteiger partial charge in [-0.15, -0.1) is 5.10 Å². The van der Waals surface area contributed by atoms with Gasteiger partial charge in [-0.3, -0.25) is 0 Å². The van der Waals surface area contributed by atoms with Crippen molar-refractivity contribution >= 4 is 22.7 Å². The van der Waals surface area contributed by atoms with Gasteiger partial charge < -0.3 is 16.8 Å². The molecule has 0 radical (unpaired) electrons. The van der Waals surface area contributed by atoms with Gasteiger partial charge in [0.05, 0.1) is 34.2 Å². The van der Waals surface area contributed by atoms with Crippen LogP contribution in [0.15, 0.2) is 42.9 Å². The van der Waals surface area contributed by atoms with E-state index in [4.69, 9.17) is 11.5 Å². The number of rotatable bonds is 5. The van der Waals surface area contributed by atoms with E-state index in [1.807, 2.05) is 0 Å². The monoisotopic (exact) mass is 509 g/mol. The lowest BCUT2D eigenvalue weighted by atomic mass is 9.97. The molecule has 0 aliphatic carbocycles. The summed E-state index contributed by atoms with van der Waals surface area (Å²) in [6, 6.07) is 4.19. The average molecular weight is 509 g/mol. The molecule has 0 aromatic carbocycles. The maximum Gasteiger partial charge on any atom is 0.418 e. The number of aromatic nitrogens is 6. The van der Waals surface area contributed by atoms with Crippen LogP contribution in [0.4, 0.5) is 37.8 Å². The predicted molar refractivity (Wildman–Crippen MR) is 116 cm³/mol. The topological polar surface area (TPSA) is 141 Å². The summed E-state index contributed by atoms with van der Waals surface area (Å²) in [5.74, 6) is 0.0759. The summed E-state index contributed by atoms with van der Waals surface area (Å²) in [5.41, 5.74) is 7.44. The zero-order chi connectivity index (χ0) is 26.3. The maximum atomic E-state index is 13.8. The molecule has 0 aliphatic rings. The lowest BCUT2D eigenvalue weighted by Crippen LogP contribution is -2.42. The predicted octanol–water partition coefficient (Wildman–Crippen LogP) is 3.79. The number of fused-ring (bicyclic) bond motifs is 1. The normalized spacial score (nSPS) is 14.0. The zero-order valence-corrected chi connectivity index (χ0v) is 18.4. The molecule has 0 spiro atoms. The highest BCUT2D eigenvalue weighted by atomic mass is 19.4. The number of halogens is 6. The minimum Gasteiger partial charge on any atom is -0.338 e. The first-order valence-electron chi connectivity index (χ1n) is 10.2. The largest absolute Gasteiger partial charge is 0.418 e. The third-order valence-corrected chi connectivity index (χ3v) is 5.15. The van der Waals surface area contributed by atoms with Gasteiger partial charge in [0, 0.05) is 18.9 Å². The molecule has 1 unspecified atom stereocenters. The zero-order valence-electron chi connectivity index (χ0n) is 18.4. The van der Waals surface area contributed by atoms with E-state index in [1.165, 1.54) is 19.2 Å². The third kappa shape index (κ3) is 5.01. The second kappa shape index (κ2) is 8.91. The summed E-state index contributed by atoms with van der Waals surface area (Å²) in [6.45, 7) is 1.26. The Bertz CT molecular complexity index is 1400. The van der Waals surface area contributed by atoms with E-state index >= 15 is 0 Å². The second-order valence-electron chi connectivity index (χ2n) is 7.95. The van der Waals surface area contributed by atoms with Gasteiger partial charge in [0.15, 0.2) is 5.65 Å². The smallest absolute Gasteiger partial charge is 0.338 e. The standard InChI is InChI=1S/C21H17F6N9/c1-19(29,9-28)14-6-11(21(25,26)27)16(36-35-14)13-8-32-17-12(4-5-30-18(17)34-13)33-15-3-2-10(7-31-15)20(22,23)24/h2-8H,9,28-29H2,1H3,(H,30,31,33,34). The van der Waals surface area contributed by atoms with Crippen LogP contribution in [0.1, 0.15) is 23.7 Å². The molecule has 5 N–H and O–H groups in total. The van der Waals surface area contributed by atoms with Gasteiger partial charge in [-0.2, -0.15) is 31.4 Å². The fourth-order valence-electron chi connectivity index (χ4n) is 3.09. The van der Waals surface area contributed by atoms with Gasteiger partial charge in [-0.25, -0.2) is 19.9 Å². The Morgan fingerprint density at radius 1 is 0.917 bits per heavy atom. The van der Waals surface area contributed by atoms with Crippen LogP contribution >= 0.6 is 0 Å². The van der Waals surface area contributed by atoms with E-state index in [1.54, 1.807) is 0 Å². The molecule has 4 heterocycles. The van der Waals surface area contributed by atoms with Gasteiger partial charge in [0.1, 0.15) is 22.7 Å². The number of nitrogens with zero attached hydrogens (tertiary/aromatic N) is 6. The molecule has 0 bridgehead atoms. The first-order valence-corrected chi connectivity index (χ1v) is 10.2. The summed E-state index contributed by atoms with van der Waals surface area (Å²) in [7, 11) is 0. The van der Waals surface area contributed by atoms with Crippen molar-refractivity contribution < 1.29 is 26.3 Å².